The van der Waals surface area contributed by atoms with Gasteiger partial charge >= 0.3 is 12.1 Å². The van der Waals surface area contributed by atoms with E-state index in [1.54, 1.807) is 32.1 Å². The lowest BCUT2D eigenvalue weighted by atomic mass is 9.94. The van der Waals surface area contributed by atoms with Crippen LogP contribution in [0.4, 0.5) is 4.79 Å². The molecule has 3 aromatic rings. The number of imide groups is 1. The third-order valence-corrected chi connectivity index (χ3v) is 6.74. The lowest BCUT2D eigenvalue weighted by Crippen LogP contribution is -2.42. The van der Waals surface area contributed by atoms with Crippen LogP contribution in [0.25, 0.3) is 10.1 Å². The second-order valence-electron chi connectivity index (χ2n) is 9.58. The minimum Gasteiger partial charge on any atom is -0.460 e. The van der Waals surface area contributed by atoms with E-state index in [1.807, 2.05) is 60.0 Å². The van der Waals surface area contributed by atoms with Crippen molar-refractivity contribution in [3.8, 4) is 0 Å². The maximum atomic E-state index is 13.3. The summed E-state index contributed by atoms with van der Waals surface area (Å²) < 4.78 is 12.0. The van der Waals surface area contributed by atoms with Crippen LogP contribution in [0.1, 0.15) is 38.3 Å². The van der Waals surface area contributed by atoms with Crippen molar-refractivity contribution in [3.05, 3.63) is 71.1 Å². The predicted octanol–water partition coefficient (Wildman–Crippen LogP) is 5.38. The summed E-state index contributed by atoms with van der Waals surface area (Å²) in [6, 6.07) is 17.3. The molecule has 1 aromatic heterocycles. The Bertz CT molecular complexity index is 1180. The van der Waals surface area contributed by atoms with Gasteiger partial charge in [0.2, 0.25) is 5.91 Å². The summed E-state index contributed by atoms with van der Waals surface area (Å²) in [7, 11) is 0. The van der Waals surface area contributed by atoms with Gasteiger partial charge in [0.15, 0.2) is 0 Å². The molecule has 0 aliphatic carbocycles. The molecule has 0 saturated carbocycles. The fourth-order valence-corrected chi connectivity index (χ4v) is 5.17. The Kier molecular flexibility index (Phi) is 7.03. The number of amides is 2. The van der Waals surface area contributed by atoms with Gasteiger partial charge in [-0.15, -0.1) is 11.3 Å². The quantitative estimate of drug-likeness (QED) is 0.425. The van der Waals surface area contributed by atoms with Crippen LogP contribution >= 0.6 is 11.3 Å². The van der Waals surface area contributed by atoms with Gasteiger partial charge in [0.1, 0.15) is 12.2 Å². The molecule has 1 fully saturated rings. The van der Waals surface area contributed by atoms with Gasteiger partial charge in [0.25, 0.3) is 0 Å². The van der Waals surface area contributed by atoms with Gasteiger partial charge in [-0.25, -0.2) is 9.69 Å². The van der Waals surface area contributed by atoms with Crippen LogP contribution in [0.2, 0.25) is 0 Å². The molecule has 7 heteroatoms. The number of carbonyl (C=O) groups excluding carboxylic acids is 3. The van der Waals surface area contributed by atoms with Crippen LogP contribution in [0.15, 0.2) is 60.0 Å². The summed E-state index contributed by atoms with van der Waals surface area (Å²) in [5.74, 6) is -1.57. The first-order valence-electron chi connectivity index (χ1n) is 11.4. The molecule has 2 aromatic carbocycles. The van der Waals surface area contributed by atoms with Crippen molar-refractivity contribution in [1.29, 1.82) is 0 Å². The number of rotatable bonds is 7. The van der Waals surface area contributed by atoms with Crippen molar-refractivity contribution in [2.45, 2.75) is 51.7 Å². The molecule has 2 atom stereocenters. The van der Waals surface area contributed by atoms with Gasteiger partial charge in [-0.2, -0.15) is 0 Å². The van der Waals surface area contributed by atoms with Gasteiger partial charge in [0.05, 0.1) is 12.0 Å². The summed E-state index contributed by atoms with van der Waals surface area (Å²) in [4.78, 5) is 40.1. The average molecular weight is 480 g/mol. The van der Waals surface area contributed by atoms with Crippen molar-refractivity contribution in [2.75, 3.05) is 6.61 Å². The molecule has 1 saturated heterocycles. The van der Waals surface area contributed by atoms with E-state index in [0.29, 0.717) is 12.8 Å². The molecule has 4 rings (SSSR count). The normalized spacial score (nSPS) is 17.0. The van der Waals surface area contributed by atoms with E-state index in [9.17, 15) is 14.4 Å². The largest absolute Gasteiger partial charge is 0.460 e. The van der Waals surface area contributed by atoms with Gasteiger partial charge in [0, 0.05) is 11.1 Å². The highest BCUT2D eigenvalue weighted by Crippen LogP contribution is 2.30. The molecule has 178 valence electrons. The molecule has 1 aliphatic rings. The molecule has 0 bridgehead atoms. The summed E-state index contributed by atoms with van der Waals surface area (Å²) in [6.45, 7) is 5.55. The monoisotopic (exact) mass is 479 g/mol. The first-order chi connectivity index (χ1) is 16.2. The SMILES string of the molecule is CC(C)(C)OC(=O)C(CC(=O)N1C(=O)OC[C@@H]1Cc1ccccc1)Cc1csc2ccccc12. The second-order valence-corrected chi connectivity index (χ2v) is 10.5. The van der Waals surface area contributed by atoms with E-state index in [1.165, 1.54) is 4.90 Å². The highest BCUT2D eigenvalue weighted by atomic mass is 32.1. The average Bonchev–Trinajstić information content (AvgIpc) is 3.36. The molecule has 2 heterocycles. The molecule has 6 nitrogen and oxygen atoms in total. The van der Waals surface area contributed by atoms with E-state index in [-0.39, 0.29) is 13.0 Å². The minimum atomic E-state index is -0.712. The molecule has 1 aliphatic heterocycles. The van der Waals surface area contributed by atoms with Crippen LogP contribution < -0.4 is 0 Å². The first kappa shape index (κ1) is 24.0. The van der Waals surface area contributed by atoms with Gasteiger partial charge in [-0.3, -0.25) is 9.59 Å². The highest BCUT2D eigenvalue weighted by Gasteiger charge is 2.40. The van der Waals surface area contributed by atoms with E-state index < -0.39 is 35.5 Å². The summed E-state index contributed by atoms with van der Waals surface area (Å²) in [5.41, 5.74) is 1.32. The lowest BCUT2D eigenvalue weighted by molar-refractivity contribution is -0.161. The van der Waals surface area contributed by atoms with Gasteiger partial charge < -0.3 is 9.47 Å². The number of ether oxygens (including phenoxy) is 2. The molecule has 34 heavy (non-hydrogen) atoms. The Morgan fingerprint density at radius 3 is 2.56 bits per heavy atom. The number of nitrogens with zero attached hydrogens (tertiary/aromatic N) is 1. The third-order valence-electron chi connectivity index (χ3n) is 5.73. The highest BCUT2D eigenvalue weighted by molar-refractivity contribution is 7.17. The maximum absolute atomic E-state index is 13.3. The van der Waals surface area contributed by atoms with Crippen molar-refractivity contribution in [2.24, 2.45) is 5.92 Å². The number of carbonyl (C=O) groups is 3. The van der Waals surface area contributed by atoms with E-state index in [4.69, 9.17) is 9.47 Å². The second kappa shape index (κ2) is 9.97. The fourth-order valence-electron chi connectivity index (χ4n) is 4.19. The summed E-state index contributed by atoms with van der Waals surface area (Å²) in [6.07, 6.45) is 0.0795. The molecule has 0 spiro atoms. The lowest BCUT2D eigenvalue weighted by Gasteiger charge is -2.25. The number of fused-ring (bicyclic) bond motifs is 1. The molecule has 0 N–H and O–H groups in total. The Balaban J connectivity index is 1.55. The topological polar surface area (TPSA) is 72.9 Å². The number of thiophene rings is 1. The zero-order valence-electron chi connectivity index (χ0n) is 19.7. The summed E-state index contributed by atoms with van der Waals surface area (Å²) in [5, 5.41) is 3.09. The van der Waals surface area contributed by atoms with Crippen LogP contribution in [0.3, 0.4) is 0 Å². The number of esters is 1. The van der Waals surface area contributed by atoms with Crippen LogP contribution in [-0.4, -0.2) is 41.1 Å². The number of benzene rings is 2. The minimum absolute atomic E-state index is 0.126. The maximum Gasteiger partial charge on any atom is 0.416 e. The molecular weight excluding hydrogens is 450 g/mol. The Labute approximate surface area is 203 Å². The van der Waals surface area contributed by atoms with Gasteiger partial charge in [-0.1, -0.05) is 48.5 Å². The van der Waals surface area contributed by atoms with E-state index >= 15 is 0 Å². The zero-order valence-corrected chi connectivity index (χ0v) is 20.5. The Morgan fingerprint density at radius 2 is 1.82 bits per heavy atom. The van der Waals surface area contributed by atoms with Crippen molar-refractivity contribution >= 4 is 39.4 Å². The predicted molar refractivity (Wildman–Crippen MR) is 132 cm³/mol. The smallest absolute Gasteiger partial charge is 0.416 e. The molecule has 0 radical (unpaired) electrons. The standard InChI is InChI=1S/C27H29NO5S/c1-27(2,3)33-25(30)19(14-20-17-34-23-12-8-7-11-22(20)23)15-24(29)28-21(16-32-26(28)31)13-18-9-5-4-6-10-18/h4-12,17,19,21H,13-16H2,1-3H3/t19?,21-/m0/s1. The van der Waals surface area contributed by atoms with E-state index in [2.05, 4.69) is 0 Å². The number of cyclic esters (lactones) is 1. The third kappa shape index (κ3) is 5.65. The zero-order chi connectivity index (χ0) is 24.3. The van der Waals surface area contributed by atoms with Crippen LogP contribution in [0, 0.1) is 5.92 Å². The van der Waals surface area contributed by atoms with Crippen molar-refractivity contribution in [3.63, 3.8) is 0 Å². The van der Waals surface area contributed by atoms with Crippen molar-refractivity contribution in [1.82, 2.24) is 4.90 Å². The molecule has 2 amide bonds. The first-order valence-corrected chi connectivity index (χ1v) is 12.3. The molecular formula is C27H29NO5S. The van der Waals surface area contributed by atoms with Crippen molar-refractivity contribution < 1.29 is 23.9 Å². The van der Waals surface area contributed by atoms with Crippen LogP contribution in [-0.2, 0) is 31.9 Å². The van der Waals surface area contributed by atoms with E-state index in [0.717, 1.165) is 21.2 Å². The van der Waals surface area contributed by atoms with Gasteiger partial charge in [-0.05, 0) is 61.6 Å². The summed E-state index contributed by atoms with van der Waals surface area (Å²) >= 11 is 1.61. The van der Waals surface area contributed by atoms with Crippen LogP contribution in [0.5, 0.6) is 0 Å². The number of hydrogen-bond acceptors (Lipinski definition) is 6. The Hall–Kier alpha value is -3.19. The molecule has 1 unspecified atom stereocenters. The number of hydrogen-bond donors (Lipinski definition) is 0. The Morgan fingerprint density at radius 1 is 1.12 bits per heavy atom. The fraction of sp³-hybridized carbons (Fsp3) is 0.370.